The lowest BCUT2D eigenvalue weighted by molar-refractivity contribution is -0.114. The van der Waals surface area contributed by atoms with E-state index >= 15 is 0 Å². The summed E-state index contributed by atoms with van der Waals surface area (Å²) in [6.07, 6.45) is 0. The van der Waals surface area contributed by atoms with E-state index in [-0.39, 0.29) is 21.9 Å². The monoisotopic (exact) mass is 279 g/mol. The number of nitrogens with zero attached hydrogens (tertiary/aromatic N) is 2. The highest BCUT2D eigenvalue weighted by Gasteiger charge is 2.22. The van der Waals surface area contributed by atoms with Gasteiger partial charge < -0.3 is 11.1 Å². The summed E-state index contributed by atoms with van der Waals surface area (Å²) in [4.78, 5) is 10.7. The number of anilines is 1. The topological polar surface area (TPSA) is 127 Å². The number of carbonyl (C=O) groups excluding carboxylic acids is 1. The Bertz CT molecular complexity index is 497. The maximum absolute atomic E-state index is 11.7. The second kappa shape index (κ2) is 5.49. The summed E-state index contributed by atoms with van der Waals surface area (Å²) in [7, 11) is -3.72. The van der Waals surface area contributed by atoms with Crippen LogP contribution in [0.4, 0.5) is 5.13 Å². The van der Waals surface area contributed by atoms with Crippen molar-refractivity contribution in [2.75, 3.05) is 11.9 Å². The Morgan fingerprint density at radius 2 is 2.18 bits per heavy atom. The molecule has 1 aromatic heterocycles. The molecule has 1 atom stereocenters. The van der Waals surface area contributed by atoms with Gasteiger partial charge in [-0.2, -0.15) is 0 Å². The van der Waals surface area contributed by atoms with Crippen LogP contribution in [0.15, 0.2) is 4.34 Å². The van der Waals surface area contributed by atoms with Crippen molar-refractivity contribution in [1.82, 2.24) is 14.9 Å². The Morgan fingerprint density at radius 3 is 2.71 bits per heavy atom. The molecule has 1 aromatic rings. The van der Waals surface area contributed by atoms with Gasteiger partial charge in [-0.3, -0.25) is 4.79 Å². The molecule has 1 amide bonds. The number of amides is 1. The first-order valence-corrected chi connectivity index (χ1v) is 6.98. The van der Waals surface area contributed by atoms with E-state index < -0.39 is 16.1 Å². The Hall–Kier alpha value is -1.10. The minimum atomic E-state index is -3.72. The smallest absolute Gasteiger partial charge is 0.270 e. The summed E-state index contributed by atoms with van der Waals surface area (Å²) in [6, 6.07) is -0.395. The molecule has 0 saturated heterocycles. The number of aromatic nitrogens is 2. The van der Waals surface area contributed by atoms with Gasteiger partial charge in [-0.05, 0) is 6.92 Å². The van der Waals surface area contributed by atoms with Crippen LogP contribution in [0.2, 0.25) is 0 Å². The van der Waals surface area contributed by atoms with Gasteiger partial charge in [0.25, 0.3) is 10.0 Å². The molecule has 0 aliphatic carbocycles. The average Bonchev–Trinajstić information content (AvgIpc) is 2.65. The van der Waals surface area contributed by atoms with E-state index in [0.29, 0.717) is 0 Å². The highest BCUT2D eigenvalue weighted by Crippen LogP contribution is 2.19. The van der Waals surface area contributed by atoms with Crippen molar-refractivity contribution in [3.8, 4) is 0 Å². The number of nitrogens with one attached hydrogen (secondary N) is 2. The van der Waals surface area contributed by atoms with Crippen molar-refractivity contribution in [1.29, 1.82) is 0 Å². The standard InChI is InChI=1S/C7H13N5O3S2/c1-4(3-8)12-17(14,15)7-11-10-6(16-7)9-5(2)13/h4,12H,3,8H2,1-2H3,(H,9,10,13)/t4-/m1/s1. The maximum Gasteiger partial charge on any atom is 0.270 e. The van der Waals surface area contributed by atoms with Gasteiger partial charge in [0, 0.05) is 19.5 Å². The van der Waals surface area contributed by atoms with Gasteiger partial charge in [-0.1, -0.05) is 11.3 Å². The fraction of sp³-hybridized carbons (Fsp3) is 0.571. The van der Waals surface area contributed by atoms with Crippen LogP contribution in [0.3, 0.4) is 0 Å². The lowest BCUT2D eigenvalue weighted by atomic mass is 10.4. The number of carbonyl (C=O) groups is 1. The lowest BCUT2D eigenvalue weighted by Crippen LogP contribution is -2.37. The van der Waals surface area contributed by atoms with Gasteiger partial charge in [-0.15, -0.1) is 10.2 Å². The summed E-state index contributed by atoms with van der Waals surface area (Å²) in [6.45, 7) is 3.11. The maximum atomic E-state index is 11.7. The van der Waals surface area contributed by atoms with Crippen LogP contribution in [0, 0.1) is 0 Å². The van der Waals surface area contributed by atoms with Crippen LogP contribution in [-0.2, 0) is 14.8 Å². The fourth-order valence-corrected chi connectivity index (χ4v) is 3.10. The van der Waals surface area contributed by atoms with Crippen molar-refractivity contribution in [2.24, 2.45) is 5.73 Å². The van der Waals surface area contributed by atoms with E-state index in [2.05, 4.69) is 20.2 Å². The van der Waals surface area contributed by atoms with Crippen LogP contribution < -0.4 is 15.8 Å². The second-order valence-corrected chi connectivity index (χ2v) is 6.18. The molecule has 1 rings (SSSR count). The third-order valence-corrected chi connectivity index (χ3v) is 4.42. The molecular formula is C7H13N5O3S2. The van der Waals surface area contributed by atoms with E-state index in [4.69, 9.17) is 5.73 Å². The third kappa shape index (κ3) is 4.00. The summed E-state index contributed by atoms with van der Waals surface area (Å²) in [5.74, 6) is -0.339. The van der Waals surface area contributed by atoms with E-state index in [1.165, 1.54) is 6.92 Å². The quantitative estimate of drug-likeness (QED) is 0.601. The molecule has 0 unspecified atom stereocenters. The molecule has 0 spiro atoms. The first-order valence-electron chi connectivity index (χ1n) is 4.68. The molecular weight excluding hydrogens is 266 g/mol. The van der Waals surface area contributed by atoms with Crippen molar-refractivity contribution in [2.45, 2.75) is 24.2 Å². The Kier molecular flexibility index (Phi) is 4.51. The van der Waals surface area contributed by atoms with Crippen molar-refractivity contribution in [3.05, 3.63) is 0 Å². The summed E-state index contributed by atoms with van der Waals surface area (Å²) < 4.78 is 25.6. The molecule has 8 nitrogen and oxygen atoms in total. The zero-order chi connectivity index (χ0) is 13.1. The van der Waals surface area contributed by atoms with Gasteiger partial charge >= 0.3 is 0 Å². The second-order valence-electron chi connectivity index (χ2n) is 3.31. The molecule has 0 radical (unpaired) electrons. The van der Waals surface area contributed by atoms with E-state index in [1.54, 1.807) is 6.92 Å². The molecule has 0 fully saturated rings. The SMILES string of the molecule is CC(=O)Nc1nnc(S(=O)(=O)N[C@H](C)CN)s1. The zero-order valence-electron chi connectivity index (χ0n) is 9.30. The fourth-order valence-electron chi connectivity index (χ4n) is 0.883. The molecule has 0 aliphatic rings. The van der Waals surface area contributed by atoms with Gasteiger partial charge in [0.05, 0.1) is 0 Å². The highest BCUT2D eigenvalue weighted by molar-refractivity contribution is 7.91. The van der Waals surface area contributed by atoms with Crippen molar-refractivity contribution < 1.29 is 13.2 Å². The zero-order valence-corrected chi connectivity index (χ0v) is 10.9. The van der Waals surface area contributed by atoms with Crippen LogP contribution in [0.1, 0.15) is 13.8 Å². The molecule has 0 saturated carbocycles. The van der Waals surface area contributed by atoms with Crippen molar-refractivity contribution >= 4 is 32.4 Å². The summed E-state index contributed by atoms with van der Waals surface area (Å²) in [5.41, 5.74) is 5.31. The largest absolute Gasteiger partial charge is 0.329 e. The first-order chi connectivity index (χ1) is 7.85. The van der Waals surface area contributed by atoms with Crippen LogP contribution in [-0.4, -0.2) is 37.1 Å². The van der Waals surface area contributed by atoms with E-state index in [0.717, 1.165) is 11.3 Å². The summed E-state index contributed by atoms with van der Waals surface area (Å²) in [5, 5.41) is 9.52. The van der Waals surface area contributed by atoms with E-state index in [9.17, 15) is 13.2 Å². The molecule has 4 N–H and O–H groups in total. The molecule has 0 bridgehead atoms. The number of sulfonamides is 1. The predicted molar refractivity (Wildman–Crippen MR) is 63.1 cm³/mol. The van der Waals surface area contributed by atoms with Gasteiger partial charge in [0.2, 0.25) is 15.4 Å². The van der Waals surface area contributed by atoms with E-state index in [1.807, 2.05) is 0 Å². The number of hydrogen-bond acceptors (Lipinski definition) is 7. The molecule has 17 heavy (non-hydrogen) atoms. The summed E-state index contributed by atoms with van der Waals surface area (Å²) >= 11 is 0.775. The van der Waals surface area contributed by atoms with Gasteiger partial charge in [0.1, 0.15) is 0 Å². The third-order valence-electron chi connectivity index (χ3n) is 1.63. The van der Waals surface area contributed by atoms with Crippen LogP contribution in [0.5, 0.6) is 0 Å². The Morgan fingerprint density at radius 1 is 1.53 bits per heavy atom. The molecule has 96 valence electrons. The first kappa shape index (κ1) is 14.0. The molecule has 0 aliphatic heterocycles. The highest BCUT2D eigenvalue weighted by atomic mass is 32.2. The number of rotatable bonds is 5. The predicted octanol–water partition coefficient (Wildman–Crippen LogP) is -0.878. The van der Waals surface area contributed by atoms with Gasteiger partial charge in [-0.25, -0.2) is 13.1 Å². The normalized spacial score (nSPS) is 13.4. The van der Waals surface area contributed by atoms with Gasteiger partial charge in [0.15, 0.2) is 0 Å². The molecule has 0 aromatic carbocycles. The van der Waals surface area contributed by atoms with Crippen LogP contribution >= 0.6 is 11.3 Å². The minimum Gasteiger partial charge on any atom is -0.329 e. The average molecular weight is 279 g/mol. The Labute approximate surface area is 103 Å². The molecule has 1 heterocycles. The van der Waals surface area contributed by atoms with Crippen molar-refractivity contribution in [3.63, 3.8) is 0 Å². The van der Waals surface area contributed by atoms with Crippen LogP contribution in [0.25, 0.3) is 0 Å². The molecule has 10 heteroatoms. The Balaban J connectivity index is 2.85. The number of nitrogens with two attached hydrogens (primary N) is 1. The number of hydrogen-bond donors (Lipinski definition) is 3. The minimum absolute atomic E-state index is 0.137. The lowest BCUT2D eigenvalue weighted by Gasteiger charge is -2.08.